The van der Waals surface area contributed by atoms with Crippen LogP contribution < -0.4 is 17.2 Å². The standard InChI is InChI=1S/C12H12N4O/c13-10-6-12(15)11(14)5-9(10)7-1-3-8(16-17)4-2-7/h1-6H,13-15H2. The van der Waals surface area contributed by atoms with Crippen molar-refractivity contribution >= 4 is 22.7 Å². The van der Waals surface area contributed by atoms with Gasteiger partial charge in [0.15, 0.2) is 0 Å². The van der Waals surface area contributed by atoms with Crippen LogP contribution in [0, 0.1) is 4.91 Å². The second-order valence-electron chi connectivity index (χ2n) is 3.71. The summed E-state index contributed by atoms with van der Waals surface area (Å²) in [5, 5.41) is 2.83. The number of nitrogen functional groups attached to an aromatic ring is 3. The van der Waals surface area contributed by atoms with Crippen molar-refractivity contribution in [1.29, 1.82) is 0 Å². The predicted octanol–water partition coefficient (Wildman–Crippen LogP) is 2.50. The highest BCUT2D eigenvalue weighted by atomic mass is 16.3. The fourth-order valence-electron chi connectivity index (χ4n) is 1.60. The highest BCUT2D eigenvalue weighted by molar-refractivity contribution is 5.85. The first-order valence-electron chi connectivity index (χ1n) is 5.00. The number of nitrogens with two attached hydrogens (primary N) is 3. The zero-order chi connectivity index (χ0) is 12.4. The molecule has 86 valence electrons. The summed E-state index contributed by atoms with van der Waals surface area (Å²) in [5.74, 6) is 0. The van der Waals surface area contributed by atoms with E-state index in [2.05, 4.69) is 5.18 Å². The first kappa shape index (κ1) is 10.9. The Bertz CT molecular complexity index is 563. The Labute approximate surface area is 98.2 Å². The minimum absolute atomic E-state index is 0.371. The molecule has 0 unspecified atom stereocenters. The van der Waals surface area contributed by atoms with Crippen molar-refractivity contribution < 1.29 is 0 Å². The summed E-state index contributed by atoms with van der Waals surface area (Å²) >= 11 is 0. The summed E-state index contributed by atoms with van der Waals surface area (Å²) in [5.41, 5.74) is 20.8. The van der Waals surface area contributed by atoms with Gasteiger partial charge in [0.25, 0.3) is 0 Å². The van der Waals surface area contributed by atoms with Gasteiger partial charge >= 0.3 is 0 Å². The van der Waals surface area contributed by atoms with Crippen molar-refractivity contribution in [1.82, 2.24) is 0 Å². The lowest BCUT2D eigenvalue weighted by Crippen LogP contribution is -1.98. The number of hydrogen-bond acceptors (Lipinski definition) is 5. The van der Waals surface area contributed by atoms with Crippen LogP contribution in [0.25, 0.3) is 11.1 Å². The molecule has 0 atom stereocenters. The smallest absolute Gasteiger partial charge is 0.108 e. The van der Waals surface area contributed by atoms with E-state index in [0.29, 0.717) is 22.7 Å². The molecule has 2 aromatic rings. The molecule has 2 aromatic carbocycles. The number of hydrogen-bond donors (Lipinski definition) is 3. The van der Waals surface area contributed by atoms with E-state index in [1.807, 2.05) is 0 Å². The summed E-state index contributed by atoms with van der Waals surface area (Å²) < 4.78 is 0. The second kappa shape index (κ2) is 4.13. The topological polar surface area (TPSA) is 107 Å². The lowest BCUT2D eigenvalue weighted by molar-refractivity contribution is 1.49. The SMILES string of the molecule is Nc1cc(N)c(-c2ccc(N=O)cc2)cc1N. The molecular weight excluding hydrogens is 216 g/mol. The molecule has 5 heteroatoms. The molecule has 0 aliphatic carbocycles. The largest absolute Gasteiger partial charge is 0.398 e. The quantitative estimate of drug-likeness (QED) is 0.542. The highest BCUT2D eigenvalue weighted by Crippen LogP contribution is 2.32. The average molecular weight is 228 g/mol. The van der Waals surface area contributed by atoms with E-state index in [-0.39, 0.29) is 0 Å². The molecule has 5 nitrogen and oxygen atoms in total. The zero-order valence-electron chi connectivity index (χ0n) is 9.05. The van der Waals surface area contributed by atoms with Gasteiger partial charge in [0.1, 0.15) is 5.69 Å². The molecule has 6 N–H and O–H groups in total. The van der Waals surface area contributed by atoms with Crippen molar-refractivity contribution in [2.75, 3.05) is 17.2 Å². The first-order valence-corrected chi connectivity index (χ1v) is 5.00. The minimum atomic E-state index is 0.371. The van der Waals surface area contributed by atoms with Gasteiger partial charge in [-0.15, -0.1) is 4.91 Å². The van der Waals surface area contributed by atoms with Gasteiger partial charge in [0, 0.05) is 11.3 Å². The molecule has 2 rings (SSSR count). The van der Waals surface area contributed by atoms with Crippen LogP contribution in [0.5, 0.6) is 0 Å². The molecule has 0 aliphatic rings. The van der Waals surface area contributed by atoms with Gasteiger partial charge in [-0.3, -0.25) is 0 Å². The normalized spacial score (nSPS) is 10.1. The number of nitrogens with zero attached hydrogens (tertiary/aromatic N) is 1. The number of anilines is 3. The Morgan fingerprint density at radius 1 is 0.824 bits per heavy atom. The third-order valence-electron chi connectivity index (χ3n) is 2.54. The van der Waals surface area contributed by atoms with E-state index in [4.69, 9.17) is 17.2 Å². The maximum absolute atomic E-state index is 10.3. The molecule has 0 aromatic heterocycles. The fourth-order valence-corrected chi connectivity index (χ4v) is 1.60. The third-order valence-corrected chi connectivity index (χ3v) is 2.54. The van der Waals surface area contributed by atoms with Crippen LogP contribution in [0.2, 0.25) is 0 Å². The second-order valence-corrected chi connectivity index (χ2v) is 3.71. The van der Waals surface area contributed by atoms with E-state index in [1.54, 1.807) is 36.4 Å². The Morgan fingerprint density at radius 2 is 1.41 bits per heavy atom. The van der Waals surface area contributed by atoms with Gasteiger partial charge in [-0.1, -0.05) is 12.1 Å². The van der Waals surface area contributed by atoms with E-state index in [1.165, 1.54) is 0 Å². The van der Waals surface area contributed by atoms with Crippen molar-refractivity contribution in [3.63, 3.8) is 0 Å². The molecule has 0 aliphatic heterocycles. The summed E-state index contributed by atoms with van der Waals surface area (Å²) in [6.07, 6.45) is 0. The van der Waals surface area contributed by atoms with E-state index in [0.717, 1.165) is 11.1 Å². The number of benzene rings is 2. The Balaban J connectivity index is 2.52. The first-order chi connectivity index (χ1) is 8.11. The Hall–Kier alpha value is -2.56. The molecule has 17 heavy (non-hydrogen) atoms. The van der Waals surface area contributed by atoms with E-state index < -0.39 is 0 Å². The van der Waals surface area contributed by atoms with Gasteiger partial charge in [-0.2, -0.15) is 0 Å². The molecule has 0 fully saturated rings. The molecular formula is C12H12N4O. The van der Waals surface area contributed by atoms with Gasteiger partial charge in [-0.05, 0) is 35.0 Å². The highest BCUT2D eigenvalue weighted by Gasteiger charge is 2.06. The van der Waals surface area contributed by atoms with Gasteiger partial charge < -0.3 is 17.2 Å². The lowest BCUT2D eigenvalue weighted by Gasteiger charge is -2.09. The molecule has 0 spiro atoms. The minimum Gasteiger partial charge on any atom is -0.398 e. The molecule has 0 bridgehead atoms. The van der Waals surface area contributed by atoms with Crippen LogP contribution in [-0.2, 0) is 0 Å². The van der Waals surface area contributed by atoms with Crippen LogP contribution in [0.15, 0.2) is 41.6 Å². The van der Waals surface area contributed by atoms with Crippen LogP contribution in [0.3, 0.4) is 0 Å². The maximum Gasteiger partial charge on any atom is 0.108 e. The maximum atomic E-state index is 10.3. The lowest BCUT2D eigenvalue weighted by atomic mass is 10.0. The number of nitroso groups, excluding NO2 is 1. The van der Waals surface area contributed by atoms with E-state index in [9.17, 15) is 4.91 Å². The predicted molar refractivity (Wildman–Crippen MR) is 70.6 cm³/mol. The summed E-state index contributed by atoms with van der Waals surface area (Å²) in [6.45, 7) is 0. The molecule has 0 radical (unpaired) electrons. The van der Waals surface area contributed by atoms with Crippen molar-refractivity contribution in [2.24, 2.45) is 5.18 Å². The monoisotopic (exact) mass is 228 g/mol. The van der Waals surface area contributed by atoms with Gasteiger partial charge in [-0.25, -0.2) is 0 Å². The average Bonchev–Trinajstić information content (AvgIpc) is 2.34. The summed E-state index contributed by atoms with van der Waals surface area (Å²) in [7, 11) is 0. The Morgan fingerprint density at radius 3 is 2.00 bits per heavy atom. The Kier molecular flexibility index (Phi) is 2.66. The molecule has 0 saturated heterocycles. The summed E-state index contributed by atoms with van der Waals surface area (Å²) in [4.78, 5) is 10.3. The molecule has 0 saturated carbocycles. The van der Waals surface area contributed by atoms with Gasteiger partial charge in [0.2, 0.25) is 0 Å². The van der Waals surface area contributed by atoms with Crippen molar-refractivity contribution in [3.8, 4) is 11.1 Å². The zero-order valence-corrected chi connectivity index (χ0v) is 9.05. The molecule has 0 heterocycles. The van der Waals surface area contributed by atoms with Crippen molar-refractivity contribution in [3.05, 3.63) is 41.3 Å². The van der Waals surface area contributed by atoms with Crippen molar-refractivity contribution in [2.45, 2.75) is 0 Å². The number of rotatable bonds is 2. The molecule has 0 amide bonds. The third kappa shape index (κ3) is 2.03. The van der Waals surface area contributed by atoms with E-state index >= 15 is 0 Å². The van der Waals surface area contributed by atoms with Crippen LogP contribution >= 0.6 is 0 Å². The van der Waals surface area contributed by atoms with Crippen LogP contribution in [0.4, 0.5) is 22.7 Å². The summed E-state index contributed by atoms with van der Waals surface area (Å²) in [6, 6.07) is 10.1. The fraction of sp³-hybridized carbons (Fsp3) is 0. The van der Waals surface area contributed by atoms with Crippen LogP contribution in [-0.4, -0.2) is 0 Å². The van der Waals surface area contributed by atoms with Crippen LogP contribution in [0.1, 0.15) is 0 Å². The van der Waals surface area contributed by atoms with Gasteiger partial charge in [0.05, 0.1) is 11.4 Å².